The number of hydrogen-bond donors (Lipinski definition) is 2. The molecule has 1 aliphatic heterocycles. The van der Waals surface area contributed by atoms with Crippen molar-refractivity contribution in [2.75, 3.05) is 37.7 Å². The number of likely N-dealkylation sites (tertiary alicyclic amines) is 1. The molecule has 2 amide bonds. The maximum absolute atomic E-state index is 13.2. The normalized spacial score (nSPS) is 16.1. The zero-order chi connectivity index (χ0) is 37.8. The third-order valence-electron chi connectivity index (χ3n) is 8.27. The molecule has 3 aromatic heterocycles. The van der Waals surface area contributed by atoms with Crippen molar-refractivity contribution in [2.45, 2.75) is 91.3 Å². The molecule has 0 radical (unpaired) electrons. The summed E-state index contributed by atoms with van der Waals surface area (Å²) in [5, 5.41) is 2.81. The van der Waals surface area contributed by atoms with Gasteiger partial charge in [0, 0.05) is 35.8 Å². The molecule has 4 heterocycles. The Kier molecular flexibility index (Phi) is 11.7. The Morgan fingerprint density at radius 2 is 1.56 bits per heavy atom. The summed E-state index contributed by atoms with van der Waals surface area (Å²) in [5.74, 6) is 2.96. The fraction of sp³-hybridized carbons (Fsp3) is 0.526. The van der Waals surface area contributed by atoms with Crippen molar-refractivity contribution in [3.63, 3.8) is 0 Å². The van der Waals surface area contributed by atoms with Gasteiger partial charge in [-0.1, -0.05) is 24.3 Å². The van der Waals surface area contributed by atoms with Gasteiger partial charge < -0.3 is 29.1 Å². The molecule has 5 rings (SSSR count). The van der Waals surface area contributed by atoms with Crippen LogP contribution in [0, 0.1) is 0 Å². The summed E-state index contributed by atoms with van der Waals surface area (Å²) in [6.07, 6.45) is 14.8. The second-order valence-corrected chi connectivity index (χ2v) is 20.6. The maximum Gasteiger partial charge on any atom is 0.410 e. The number of aromatic amines is 1. The predicted molar refractivity (Wildman–Crippen MR) is 205 cm³/mol. The van der Waals surface area contributed by atoms with Crippen LogP contribution in [0.25, 0.3) is 33.9 Å². The van der Waals surface area contributed by atoms with E-state index in [1.165, 1.54) is 0 Å². The molecule has 2 N–H and O–H groups in total. The van der Waals surface area contributed by atoms with Crippen LogP contribution in [0.5, 0.6) is 0 Å². The minimum absolute atomic E-state index is 0.227. The second-order valence-electron chi connectivity index (χ2n) is 16.0. The highest BCUT2D eigenvalue weighted by atomic mass is 32.3. The molecule has 14 heteroatoms. The lowest BCUT2D eigenvalue weighted by Crippen LogP contribution is -2.37. The second kappa shape index (κ2) is 15.7. The number of H-pyrrole nitrogens is 1. The number of carbonyl (C=O) groups is 2. The number of nitrogens with one attached hydrogen (secondary N) is 2. The molecule has 0 spiro atoms. The average molecular weight is 735 g/mol. The Bertz CT molecular complexity index is 1820. The minimum atomic E-state index is -0.714. The Morgan fingerprint density at radius 1 is 0.904 bits per heavy atom. The van der Waals surface area contributed by atoms with Gasteiger partial charge in [-0.05, 0) is 85.6 Å². The molecule has 52 heavy (non-hydrogen) atoms. The van der Waals surface area contributed by atoms with E-state index in [2.05, 4.69) is 34.1 Å². The number of benzene rings is 1. The molecule has 1 aromatic carbocycles. The van der Waals surface area contributed by atoms with Gasteiger partial charge in [-0.25, -0.2) is 39.6 Å². The molecule has 0 unspecified atom stereocenters. The topological polar surface area (TPSA) is 149 Å². The molecular formula is C38H54N8O5S. The van der Waals surface area contributed by atoms with Gasteiger partial charge in [0.15, 0.2) is 5.82 Å². The quantitative estimate of drug-likeness (QED) is 0.148. The first-order valence-corrected chi connectivity index (χ1v) is 20.7. The van der Waals surface area contributed by atoms with Crippen molar-refractivity contribution in [2.24, 2.45) is 0 Å². The highest BCUT2D eigenvalue weighted by Gasteiger charge is 2.36. The third kappa shape index (κ3) is 10.3. The number of hydrogen-bond acceptors (Lipinski definition) is 9. The molecule has 0 bridgehead atoms. The molecule has 4 aromatic rings. The molecule has 0 saturated carbocycles. The number of aromatic nitrogens is 6. The summed E-state index contributed by atoms with van der Waals surface area (Å²) in [6, 6.07) is 7.30. The molecule has 2 atom stereocenters. The van der Waals surface area contributed by atoms with Crippen LogP contribution in [0.3, 0.4) is 0 Å². The van der Waals surface area contributed by atoms with Crippen molar-refractivity contribution in [1.82, 2.24) is 39.7 Å². The standard InChI is InChI=1S/C38H54N8O5S/c1-25(43-35(47)50-37(2,3)4)32-41-22-29(44-32)26-13-15-27(16-14-26)33-39-20-28(21-40-33)31-23-42-34(46(31)24-49-18-19-52(8,9)10)30-12-11-17-45(30)36(48)51-38(5,6)7/h13-16,20-23,25,30H,11-12,17-19,24H2,1-10H3,(H,41,44)(H,43,47)/t25-,30-/m0/s1. The summed E-state index contributed by atoms with van der Waals surface area (Å²) >= 11 is 0. The minimum Gasteiger partial charge on any atom is -0.444 e. The largest absolute Gasteiger partial charge is 0.444 e. The SMILES string of the molecule is C[C@H](NC(=O)OC(C)(C)C)c1ncc(-c2ccc(-c3ncc(-c4cnc([C@@H]5CCCN5C(=O)OC(C)(C)C)n4COCCS(C)(C)C)cn3)cc2)[nH]1. The predicted octanol–water partition coefficient (Wildman–Crippen LogP) is 7.72. The van der Waals surface area contributed by atoms with Crippen molar-refractivity contribution in [3.05, 3.63) is 60.7 Å². The van der Waals surface area contributed by atoms with Crippen molar-refractivity contribution in [3.8, 4) is 33.9 Å². The monoisotopic (exact) mass is 734 g/mol. The maximum atomic E-state index is 13.2. The molecule has 1 aliphatic rings. The van der Waals surface area contributed by atoms with Crippen molar-refractivity contribution < 1.29 is 23.8 Å². The van der Waals surface area contributed by atoms with Crippen LogP contribution in [0.4, 0.5) is 9.59 Å². The Morgan fingerprint density at radius 3 is 2.19 bits per heavy atom. The molecular weight excluding hydrogens is 681 g/mol. The first kappa shape index (κ1) is 38.8. The number of nitrogens with zero attached hydrogens (tertiary/aromatic N) is 6. The van der Waals surface area contributed by atoms with E-state index < -0.39 is 27.3 Å². The van der Waals surface area contributed by atoms with Crippen LogP contribution >= 0.6 is 10.0 Å². The van der Waals surface area contributed by atoms with Crippen molar-refractivity contribution in [1.29, 1.82) is 0 Å². The van der Waals surface area contributed by atoms with E-state index in [0.29, 0.717) is 31.5 Å². The summed E-state index contributed by atoms with van der Waals surface area (Å²) < 4.78 is 19.4. The van der Waals surface area contributed by atoms with Gasteiger partial charge in [-0.3, -0.25) is 4.90 Å². The fourth-order valence-corrected chi connectivity index (χ4v) is 6.34. The third-order valence-corrected chi connectivity index (χ3v) is 9.66. The summed E-state index contributed by atoms with van der Waals surface area (Å²) in [6.45, 7) is 14.5. The van der Waals surface area contributed by atoms with Gasteiger partial charge >= 0.3 is 12.2 Å². The van der Waals surface area contributed by atoms with Crippen LogP contribution in [-0.4, -0.2) is 95.4 Å². The van der Waals surface area contributed by atoms with Crippen LogP contribution < -0.4 is 5.32 Å². The number of carbonyl (C=O) groups excluding carboxylic acids is 2. The van der Waals surface area contributed by atoms with E-state index >= 15 is 0 Å². The molecule has 282 valence electrons. The van der Waals surface area contributed by atoms with E-state index in [-0.39, 0.29) is 18.2 Å². The van der Waals surface area contributed by atoms with Gasteiger partial charge in [0.1, 0.15) is 29.6 Å². The van der Waals surface area contributed by atoms with Crippen LogP contribution in [-0.2, 0) is 20.9 Å². The molecule has 1 saturated heterocycles. The average Bonchev–Trinajstić information content (AvgIpc) is 3.81. The summed E-state index contributed by atoms with van der Waals surface area (Å²) in [5.41, 5.74) is 3.05. The zero-order valence-corrected chi connectivity index (χ0v) is 33.0. The molecule has 1 fully saturated rings. The van der Waals surface area contributed by atoms with E-state index in [1.54, 1.807) is 23.5 Å². The lowest BCUT2D eigenvalue weighted by Gasteiger charge is -2.29. The van der Waals surface area contributed by atoms with Crippen molar-refractivity contribution >= 4 is 22.2 Å². The highest BCUT2D eigenvalue weighted by Crippen LogP contribution is 2.36. The Balaban J connectivity index is 1.32. The lowest BCUT2D eigenvalue weighted by molar-refractivity contribution is 0.0204. The Labute approximate surface area is 308 Å². The number of amides is 2. The lowest BCUT2D eigenvalue weighted by atomic mass is 10.1. The highest BCUT2D eigenvalue weighted by molar-refractivity contribution is 8.32. The Hall–Kier alpha value is -4.43. The number of rotatable bonds is 11. The first-order chi connectivity index (χ1) is 24.4. The number of alkyl carbamates (subject to hydrolysis) is 1. The molecule has 0 aliphatic carbocycles. The van der Waals surface area contributed by atoms with Gasteiger partial charge in [0.05, 0.1) is 42.5 Å². The van der Waals surface area contributed by atoms with Gasteiger partial charge in [-0.2, -0.15) is 0 Å². The van der Waals surface area contributed by atoms with Crippen LogP contribution in [0.15, 0.2) is 49.1 Å². The van der Waals surface area contributed by atoms with Gasteiger partial charge in [-0.15, -0.1) is 0 Å². The number of ether oxygens (including phenoxy) is 3. The zero-order valence-electron chi connectivity index (χ0n) is 32.1. The van der Waals surface area contributed by atoms with E-state index in [4.69, 9.17) is 29.2 Å². The smallest absolute Gasteiger partial charge is 0.410 e. The first-order valence-electron chi connectivity index (χ1n) is 17.6. The summed E-state index contributed by atoms with van der Waals surface area (Å²) in [7, 11) is -0.714. The van der Waals surface area contributed by atoms with Gasteiger partial charge in [0.2, 0.25) is 0 Å². The molecule has 13 nitrogen and oxygen atoms in total. The van der Waals surface area contributed by atoms with Crippen LogP contribution in [0.1, 0.15) is 85.0 Å². The summed E-state index contributed by atoms with van der Waals surface area (Å²) in [4.78, 5) is 49.2. The van der Waals surface area contributed by atoms with E-state index in [1.807, 2.05) is 83.5 Å². The fourth-order valence-electron chi connectivity index (χ4n) is 5.73. The van der Waals surface area contributed by atoms with E-state index in [9.17, 15) is 9.59 Å². The van der Waals surface area contributed by atoms with Crippen LogP contribution in [0.2, 0.25) is 0 Å². The van der Waals surface area contributed by atoms with Gasteiger partial charge in [0.25, 0.3) is 0 Å². The van der Waals surface area contributed by atoms with E-state index in [0.717, 1.165) is 52.5 Å². The number of imidazole rings is 2.